The van der Waals surface area contributed by atoms with Crippen LogP contribution in [0.1, 0.15) is 23.3 Å². The monoisotopic (exact) mass is 360 g/mol. The molecule has 3 rings (SSSR count). The standard InChI is InChI=1S/C17H20N4O3S/c1-21(9-15(22)18-11-3-4-11)16(23)14-10-25-17(20-14)19-12-5-7-13(24-2)8-6-12/h5-8,10-11H,3-4,9H2,1-2H3,(H,18,22)(H,19,20). The molecule has 1 fully saturated rings. The van der Waals surface area contributed by atoms with Gasteiger partial charge in [-0.1, -0.05) is 0 Å². The van der Waals surface area contributed by atoms with Crippen LogP contribution in [0.25, 0.3) is 0 Å². The van der Waals surface area contributed by atoms with Gasteiger partial charge in [-0.05, 0) is 37.1 Å². The highest BCUT2D eigenvalue weighted by molar-refractivity contribution is 7.14. The van der Waals surface area contributed by atoms with Gasteiger partial charge in [0.1, 0.15) is 11.4 Å². The van der Waals surface area contributed by atoms with Gasteiger partial charge in [0.15, 0.2) is 5.13 Å². The second-order valence-corrected chi connectivity index (χ2v) is 6.75. The number of methoxy groups -OCH3 is 1. The molecule has 0 atom stereocenters. The molecule has 0 unspecified atom stereocenters. The lowest BCUT2D eigenvalue weighted by Crippen LogP contribution is -2.39. The van der Waals surface area contributed by atoms with Crippen molar-refractivity contribution >= 4 is 34.0 Å². The van der Waals surface area contributed by atoms with Crippen LogP contribution in [-0.2, 0) is 4.79 Å². The summed E-state index contributed by atoms with van der Waals surface area (Å²) < 4.78 is 5.12. The summed E-state index contributed by atoms with van der Waals surface area (Å²) in [5.41, 5.74) is 1.18. The Bertz CT molecular complexity index is 756. The van der Waals surface area contributed by atoms with E-state index < -0.39 is 0 Å². The minimum Gasteiger partial charge on any atom is -0.497 e. The highest BCUT2D eigenvalue weighted by Gasteiger charge is 2.25. The Labute approximate surface area is 150 Å². The van der Waals surface area contributed by atoms with Crippen LogP contribution in [0.4, 0.5) is 10.8 Å². The number of amides is 2. The molecule has 0 saturated heterocycles. The molecule has 1 aromatic carbocycles. The second-order valence-electron chi connectivity index (χ2n) is 5.89. The van der Waals surface area contributed by atoms with Gasteiger partial charge >= 0.3 is 0 Å². The van der Waals surface area contributed by atoms with Crippen LogP contribution in [0.2, 0.25) is 0 Å². The molecule has 1 saturated carbocycles. The zero-order chi connectivity index (χ0) is 17.8. The lowest BCUT2D eigenvalue weighted by Gasteiger charge is -2.15. The van der Waals surface area contributed by atoms with Gasteiger partial charge in [-0.15, -0.1) is 11.3 Å². The summed E-state index contributed by atoms with van der Waals surface area (Å²) in [6.07, 6.45) is 2.05. The molecule has 7 nitrogen and oxygen atoms in total. The van der Waals surface area contributed by atoms with E-state index in [4.69, 9.17) is 4.74 Å². The van der Waals surface area contributed by atoms with Crippen molar-refractivity contribution in [3.8, 4) is 5.75 Å². The highest BCUT2D eigenvalue weighted by atomic mass is 32.1. The molecule has 2 N–H and O–H groups in total. The molecule has 25 heavy (non-hydrogen) atoms. The first-order valence-corrected chi connectivity index (χ1v) is 8.84. The molecule has 1 heterocycles. The van der Waals surface area contributed by atoms with Crippen molar-refractivity contribution in [3.63, 3.8) is 0 Å². The van der Waals surface area contributed by atoms with Crippen molar-refractivity contribution in [2.75, 3.05) is 26.0 Å². The van der Waals surface area contributed by atoms with Gasteiger partial charge in [0, 0.05) is 24.2 Å². The summed E-state index contributed by atoms with van der Waals surface area (Å²) in [5.74, 6) is 0.363. The third-order valence-corrected chi connectivity index (χ3v) is 4.49. The summed E-state index contributed by atoms with van der Waals surface area (Å²) in [6.45, 7) is 0.0358. The number of likely N-dealkylation sites (N-methyl/N-ethyl adjacent to an activating group) is 1. The lowest BCUT2D eigenvalue weighted by atomic mass is 10.3. The van der Waals surface area contributed by atoms with E-state index >= 15 is 0 Å². The minimum absolute atomic E-state index is 0.0358. The number of thiazole rings is 1. The van der Waals surface area contributed by atoms with E-state index in [0.29, 0.717) is 10.8 Å². The maximum Gasteiger partial charge on any atom is 0.273 e. The van der Waals surface area contributed by atoms with Gasteiger partial charge in [0.05, 0.1) is 13.7 Å². The third-order valence-electron chi connectivity index (χ3n) is 3.73. The zero-order valence-electron chi connectivity index (χ0n) is 14.1. The maximum absolute atomic E-state index is 12.4. The maximum atomic E-state index is 12.4. The van der Waals surface area contributed by atoms with Gasteiger partial charge in [-0.25, -0.2) is 4.98 Å². The van der Waals surface area contributed by atoms with Crippen LogP contribution in [-0.4, -0.2) is 48.4 Å². The highest BCUT2D eigenvalue weighted by Crippen LogP contribution is 2.23. The molecule has 0 aliphatic heterocycles. The van der Waals surface area contributed by atoms with Gasteiger partial charge in [0.25, 0.3) is 5.91 Å². The molecular formula is C17H20N4O3S. The number of hydrogen-bond acceptors (Lipinski definition) is 6. The van der Waals surface area contributed by atoms with Gasteiger partial charge in [0.2, 0.25) is 5.91 Å². The van der Waals surface area contributed by atoms with Crippen LogP contribution in [0.3, 0.4) is 0 Å². The largest absolute Gasteiger partial charge is 0.497 e. The van der Waals surface area contributed by atoms with Gasteiger partial charge < -0.3 is 20.3 Å². The number of hydrogen-bond donors (Lipinski definition) is 2. The van der Waals surface area contributed by atoms with E-state index in [9.17, 15) is 9.59 Å². The van der Waals surface area contributed by atoms with Crippen LogP contribution >= 0.6 is 11.3 Å². The number of benzene rings is 1. The van der Waals surface area contributed by atoms with E-state index in [1.807, 2.05) is 24.3 Å². The number of nitrogens with zero attached hydrogens (tertiary/aromatic N) is 2. The van der Waals surface area contributed by atoms with Crippen molar-refractivity contribution in [1.29, 1.82) is 0 Å². The van der Waals surface area contributed by atoms with E-state index in [1.165, 1.54) is 16.2 Å². The Morgan fingerprint density at radius 3 is 2.68 bits per heavy atom. The summed E-state index contributed by atoms with van der Waals surface area (Å²) in [4.78, 5) is 29.9. The molecule has 8 heteroatoms. The van der Waals surface area contributed by atoms with Gasteiger partial charge in [-0.2, -0.15) is 0 Å². The molecule has 0 radical (unpaired) electrons. The van der Waals surface area contributed by atoms with E-state index in [-0.39, 0.29) is 24.4 Å². The summed E-state index contributed by atoms with van der Waals surface area (Å²) >= 11 is 1.34. The molecule has 2 aromatic rings. The molecular weight excluding hydrogens is 340 g/mol. The second kappa shape index (κ2) is 7.52. The van der Waals surface area contributed by atoms with Crippen molar-refractivity contribution in [3.05, 3.63) is 35.3 Å². The Morgan fingerprint density at radius 2 is 2.04 bits per heavy atom. The summed E-state index contributed by atoms with van der Waals surface area (Å²) in [6, 6.07) is 7.71. The number of rotatable bonds is 7. The normalized spacial score (nSPS) is 13.2. The van der Waals surface area contributed by atoms with Crippen LogP contribution in [0, 0.1) is 0 Å². The number of aromatic nitrogens is 1. The average molecular weight is 360 g/mol. The van der Waals surface area contributed by atoms with E-state index in [2.05, 4.69) is 15.6 Å². The predicted octanol–water partition coefficient (Wildman–Crippen LogP) is 2.25. The molecule has 1 aromatic heterocycles. The number of anilines is 2. The number of nitrogens with one attached hydrogen (secondary N) is 2. The molecule has 0 spiro atoms. The SMILES string of the molecule is COc1ccc(Nc2nc(C(=O)N(C)CC(=O)NC3CC3)cs2)cc1. The summed E-state index contributed by atoms with van der Waals surface area (Å²) in [5, 5.41) is 8.31. The van der Waals surface area contributed by atoms with Gasteiger partial charge in [-0.3, -0.25) is 9.59 Å². The smallest absolute Gasteiger partial charge is 0.273 e. The van der Waals surface area contributed by atoms with Crippen molar-refractivity contribution < 1.29 is 14.3 Å². The minimum atomic E-state index is -0.273. The molecule has 2 amide bonds. The van der Waals surface area contributed by atoms with Crippen LogP contribution in [0.15, 0.2) is 29.6 Å². The Kier molecular flexibility index (Phi) is 5.18. The Balaban J connectivity index is 1.57. The number of carbonyl (C=O) groups excluding carboxylic acids is 2. The van der Waals surface area contributed by atoms with E-state index in [0.717, 1.165) is 24.3 Å². The fourth-order valence-electron chi connectivity index (χ4n) is 2.21. The fourth-order valence-corrected chi connectivity index (χ4v) is 2.92. The lowest BCUT2D eigenvalue weighted by molar-refractivity contribution is -0.121. The van der Waals surface area contributed by atoms with Crippen molar-refractivity contribution in [1.82, 2.24) is 15.2 Å². The number of ether oxygens (including phenoxy) is 1. The quantitative estimate of drug-likeness (QED) is 0.791. The first-order chi connectivity index (χ1) is 12.0. The zero-order valence-corrected chi connectivity index (χ0v) is 14.9. The predicted molar refractivity (Wildman–Crippen MR) is 96.5 cm³/mol. The summed E-state index contributed by atoms with van der Waals surface area (Å²) in [7, 11) is 3.22. The fraction of sp³-hybridized carbons (Fsp3) is 0.353. The molecule has 1 aliphatic carbocycles. The van der Waals surface area contributed by atoms with Crippen LogP contribution < -0.4 is 15.4 Å². The topological polar surface area (TPSA) is 83.6 Å². The molecule has 132 valence electrons. The average Bonchev–Trinajstić information content (AvgIpc) is 3.29. The Morgan fingerprint density at radius 1 is 1.32 bits per heavy atom. The first kappa shape index (κ1) is 17.2. The molecule has 0 bridgehead atoms. The number of carbonyl (C=O) groups is 2. The Hall–Kier alpha value is -2.61. The van der Waals surface area contributed by atoms with Crippen LogP contribution in [0.5, 0.6) is 5.75 Å². The van der Waals surface area contributed by atoms with E-state index in [1.54, 1.807) is 19.5 Å². The third kappa shape index (κ3) is 4.69. The molecule has 1 aliphatic rings. The van der Waals surface area contributed by atoms with Crippen molar-refractivity contribution in [2.24, 2.45) is 0 Å². The van der Waals surface area contributed by atoms with Crippen molar-refractivity contribution in [2.45, 2.75) is 18.9 Å². The first-order valence-electron chi connectivity index (χ1n) is 7.96.